The van der Waals surface area contributed by atoms with Crippen LogP contribution < -0.4 is 26.6 Å². The van der Waals surface area contributed by atoms with Gasteiger partial charge in [0.15, 0.2) is 5.82 Å². The molecule has 5 aromatic rings. The number of nitrogens with two attached hydrogens (primary N) is 1. The number of halogens is 2. The smallest absolute Gasteiger partial charge is 0.255 e. The summed E-state index contributed by atoms with van der Waals surface area (Å²) in [5, 5.41) is 9.09. The fourth-order valence-corrected chi connectivity index (χ4v) is 8.67. The number of nitrogen functional groups attached to an aromatic ring is 1. The van der Waals surface area contributed by atoms with E-state index in [1.165, 1.54) is 50.7 Å². The van der Waals surface area contributed by atoms with Crippen LogP contribution in [0.15, 0.2) is 73.1 Å². The number of nitrogens with zero attached hydrogens (tertiary/aromatic N) is 4. The molecule has 5 heterocycles. The number of nitrogens with one attached hydrogen (secondary N) is 4. The van der Waals surface area contributed by atoms with E-state index in [2.05, 4.69) is 73.9 Å². The van der Waals surface area contributed by atoms with Gasteiger partial charge in [0.2, 0.25) is 12.2 Å². The molecule has 0 spiro atoms. The largest absolute Gasteiger partial charge is 0.396 e. The maximum absolute atomic E-state index is 14.4. The zero-order valence-electron chi connectivity index (χ0n) is 38.7. The Morgan fingerprint density at radius 2 is 1.71 bits per heavy atom. The Balaban J connectivity index is 0.000000205. The predicted octanol–water partition coefficient (Wildman–Crippen LogP) is 8.12. The van der Waals surface area contributed by atoms with E-state index < -0.39 is 23.0 Å². The number of carbonyl (C=O) groups is 4. The summed E-state index contributed by atoms with van der Waals surface area (Å²) in [6.07, 6.45) is 11.4. The van der Waals surface area contributed by atoms with Crippen LogP contribution in [0.3, 0.4) is 0 Å². The highest BCUT2D eigenvalue weighted by molar-refractivity contribution is 7.77. The van der Waals surface area contributed by atoms with E-state index in [1.807, 2.05) is 44.3 Å². The number of piperidine rings is 1. The molecule has 2 fully saturated rings. The monoisotopic (exact) mass is 925 g/mol. The Hall–Kier alpha value is -5.84. The summed E-state index contributed by atoms with van der Waals surface area (Å²) in [5.41, 5.74) is 10.8. The molecular formula is C50H65F2N9O4S. The normalized spacial score (nSPS) is 16.2. The first-order chi connectivity index (χ1) is 31.9. The SMILES string of the molecule is CC1CCN(S)C1.CCCC(C=O)N1Cc2cc(N3CCC(CC)CC3)ccc2C1=O.CNC=O.CNCCNc1ccc(-c2cnc3[nH]cc(C(=O)c4c(F)ccc(N)c4F)c3c2)cc1. The van der Waals surface area contributed by atoms with Gasteiger partial charge < -0.3 is 41.3 Å². The molecule has 3 aromatic carbocycles. The van der Waals surface area contributed by atoms with Crippen LogP contribution in [0.5, 0.6) is 0 Å². The molecule has 0 radical (unpaired) electrons. The van der Waals surface area contributed by atoms with Gasteiger partial charge in [-0.2, -0.15) is 0 Å². The molecule has 13 nitrogen and oxygen atoms in total. The van der Waals surface area contributed by atoms with Gasteiger partial charge in [-0.3, -0.25) is 18.7 Å². The Labute approximate surface area is 392 Å². The molecule has 0 bridgehead atoms. The Morgan fingerprint density at radius 3 is 2.30 bits per heavy atom. The van der Waals surface area contributed by atoms with Crippen molar-refractivity contribution in [2.45, 2.75) is 71.9 Å². The van der Waals surface area contributed by atoms with Gasteiger partial charge in [-0.25, -0.2) is 13.8 Å². The third-order valence-corrected chi connectivity index (χ3v) is 12.5. The minimum Gasteiger partial charge on any atom is -0.396 e. The predicted molar refractivity (Wildman–Crippen MR) is 264 cm³/mol. The molecular weight excluding hydrogens is 861 g/mol. The maximum atomic E-state index is 14.4. The zero-order valence-corrected chi connectivity index (χ0v) is 39.6. The van der Waals surface area contributed by atoms with Gasteiger partial charge in [0, 0.05) is 98.7 Å². The Bertz CT molecular complexity index is 2380. The molecule has 6 N–H and O–H groups in total. The van der Waals surface area contributed by atoms with Crippen LogP contribution >= 0.6 is 12.8 Å². The van der Waals surface area contributed by atoms with Crippen molar-refractivity contribution in [3.05, 3.63) is 107 Å². The fraction of sp³-hybridized carbons (Fsp3) is 0.420. The van der Waals surface area contributed by atoms with E-state index in [4.69, 9.17) is 10.5 Å². The average Bonchev–Trinajstić information content (AvgIpc) is 4.05. The van der Waals surface area contributed by atoms with Crippen LogP contribution in [0.2, 0.25) is 0 Å². The highest BCUT2D eigenvalue weighted by Gasteiger charge is 2.33. The number of fused-ring (bicyclic) bond motifs is 2. The average molecular weight is 926 g/mol. The number of aromatic amines is 1. The second-order valence-corrected chi connectivity index (χ2v) is 17.5. The summed E-state index contributed by atoms with van der Waals surface area (Å²) >= 11 is 4.19. The lowest BCUT2D eigenvalue weighted by Crippen LogP contribution is -2.36. The van der Waals surface area contributed by atoms with Gasteiger partial charge in [0.25, 0.3) is 5.91 Å². The van der Waals surface area contributed by atoms with E-state index in [9.17, 15) is 23.2 Å². The summed E-state index contributed by atoms with van der Waals surface area (Å²) in [6.45, 7) is 13.3. The summed E-state index contributed by atoms with van der Waals surface area (Å²) < 4.78 is 30.7. The number of rotatable bonds is 14. The molecule has 2 atom stereocenters. The number of anilines is 3. The number of amides is 2. The van der Waals surface area contributed by atoms with Gasteiger partial charge in [0.05, 0.1) is 17.3 Å². The molecule has 0 saturated carbocycles. The van der Waals surface area contributed by atoms with Crippen molar-refractivity contribution in [1.82, 2.24) is 29.8 Å². The lowest BCUT2D eigenvalue weighted by molar-refractivity contribution is -0.112. The summed E-state index contributed by atoms with van der Waals surface area (Å²) in [5.74, 6) is -1.09. The van der Waals surface area contributed by atoms with Crippen LogP contribution in [-0.4, -0.2) is 103 Å². The molecule has 0 aliphatic carbocycles. The standard InChI is InChI=1S/C23H21F2N5O.C20H28N2O2.C5H11NS.C2H5NO/c1-27-8-9-28-15-4-2-13(3-5-15)14-10-16-17(12-30-23(16)29-11-14)22(31)20-18(24)6-7-19(26)21(20)25;1-3-5-18(14-23)22-13-16-12-17(6-7-19(16)20(22)24)21-10-8-15(4-2)9-11-21;1-5-2-3-6(7)4-5;1-3-2-4/h2-7,10-12,27-28H,8-9,26H2,1H3,(H,29,30);6-7,12,14-15,18H,3-5,8-11,13H2,1-2H3;5,7H,2-4H2,1H3;2H,1H3,(H,3,4). The number of hydrogen-bond acceptors (Lipinski definition) is 11. The quantitative estimate of drug-likeness (QED) is 0.0210. The van der Waals surface area contributed by atoms with Crippen molar-refractivity contribution in [1.29, 1.82) is 0 Å². The number of aldehydes is 1. The molecule has 3 aliphatic rings. The van der Waals surface area contributed by atoms with E-state index >= 15 is 0 Å². The van der Waals surface area contributed by atoms with Crippen molar-refractivity contribution in [2.75, 3.05) is 69.3 Å². The number of likely N-dealkylation sites (N-methyl/N-ethyl adjacent to an activating group) is 1. The number of thiol groups is 1. The molecule has 16 heteroatoms. The van der Waals surface area contributed by atoms with Gasteiger partial charge in [-0.1, -0.05) is 58.6 Å². The van der Waals surface area contributed by atoms with Gasteiger partial charge in [-0.05, 0) is 104 Å². The van der Waals surface area contributed by atoms with E-state index in [0.717, 1.165) is 97.2 Å². The third-order valence-electron chi connectivity index (χ3n) is 12.2. The summed E-state index contributed by atoms with van der Waals surface area (Å²) in [7, 11) is 3.45. The first-order valence-electron chi connectivity index (χ1n) is 22.8. The highest BCUT2D eigenvalue weighted by atomic mass is 32.1. The molecule has 2 aromatic heterocycles. The van der Waals surface area contributed by atoms with Gasteiger partial charge in [-0.15, -0.1) is 0 Å². The van der Waals surface area contributed by atoms with E-state index in [1.54, 1.807) is 24.2 Å². The van der Waals surface area contributed by atoms with Crippen molar-refractivity contribution >= 4 is 65.3 Å². The van der Waals surface area contributed by atoms with Crippen molar-refractivity contribution in [2.24, 2.45) is 11.8 Å². The number of benzene rings is 3. The number of H-pyrrole nitrogens is 1. The van der Waals surface area contributed by atoms with Crippen molar-refractivity contribution in [3.63, 3.8) is 0 Å². The van der Waals surface area contributed by atoms with Crippen LogP contribution in [0.25, 0.3) is 22.2 Å². The van der Waals surface area contributed by atoms with Gasteiger partial charge in [0.1, 0.15) is 17.8 Å². The molecule has 3 aliphatic heterocycles. The van der Waals surface area contributed by atoms with Crippen LogP contribution in [-0.2, 0) is 16.1 Å². The Kier molecular flexibility index (Phi) is 19.5. The fourth-order valence-electron chi connectivity index (χ4n) is 8.27. The van der Waals surface area contributed by atoms with Crippen molar-refractivity contribution < 1.29 is 28.0 Å². The number of aromatic nitrogens is 2. The lowest BCUT2D eigenvalue weighted by atomic mass is 9.94. The first-order valence-corrected chi connectivity index (χ1v) is 23.2. The number of ketones is 1. The van der Waals surface area contributed by atoms with Crippen LogP contribution in [0.4, 0.5) is 25.8 Å². The second-order valence-electron chi connectivity index (χ2n) is 16.9. The Morgan fingerprint density at radius 1 is 0.985 bits per heavy atom. The summed E-state index contributed by atoms with van der Waals surface area (Å²) in [4.78, 5) is 57.3. The maximum Gasteiger partial charge on any atom is 0.255 e. The van der Waals surface area contributed by atoms with E-state index in [0.29, 0.717) is 24.0 Å². The van der Waals surface area contributed by atoms with Crippen LogP contribution in [0, 0.1) is 23.5 Å². The minimum atomic E-state index is -1.06. The third kappa shape index (κ3) is 13.2. The van der Waals surface area contributed by atoms with Crippen molar-refractivity contribution in [3.8, 4) is 11.1 Å². The van der Waals surface area contributed by atoms with E-state index in [-0.39, 0.29) is 23.2 Å². The molecule has 8 rings (SSSR count). The number of carbonyl (C=O) groups excluding carboxylic acids is 4. The van der Waals surface area contributed by atoms with Crippen LogP contribution in [0.1, 0.15) is 91.1 Å². The number of pyridine rings is 1. The molecule has 354 valence electrons. The minimum absolute atomic E-state index is 0.00629. The first kappa shape index (κ1) is 51.1. The van der Waals surface area contributed by atoms with Gasteiger partial charge >= 0.3 is 0 Å². The number of hydrogen-bond donors (Lipinski definition) is 6. The molecule has 2 saturated heterocycles. The zero-order chi connectivity index (χ0) is 47.8. The topological polar surface area (TPSA) is 169 Å². The highest BCUT2D eigenvalue weighted by Crippen LogP contribution is 2.33. The molecule has 2 amide bonds. The summed E-state index contributed by atoms with van der Waals surface area (Å²) in [6, 6.07) is 17.5. The molecule has 66 heavy (non-hydrogen) atoms. The molecule has 2 unspecified atom stereocenters. The second kappa shape index (κ2) is 25.2. The lowest BCUT2D eigenvalue weighted by Gasteiger charge is -2.33.